The van der Waals surface area contributed by atoms with Crippen LogP contribution in [0.1, 0.15) is 51.8 Å². The van der Waals surface area contributed by atoms with Gasteiger partial charge in [-0.05, 0) is 44.2 Å². The second-order valence-corrected chi connectivity index (χ2v) is 9.90. The molecule has 0 aliphatic rings. The van der Waals surface area contributed by atoms with Crippen molar-refractivity contribution in [2.24, 2.45) is 5.92 Å². The number of aliphatic hydroxyl groups is 1. The lowest BCUT2D eigenvalue weighted by Gasteiger charge is -2.28. The first-order valence-electron chi connectivity index (χ1n) is 11.8. The van der Waals surface area contributed by atoms with E-state index in [1.807, 2.05) is 74.5 Å². The molecular formula is C27H39N3O4. The quantitative estimate of drug-likeness (QED) is 0.403. The maximum absolute atomic E-state index is 12.9. The zero-order chi connectivity index (χ0) is 25.1. The lowest BCUT2D eigenvalue weighted by Crippen LogP contribution is -2.51. The van der Waals surface area contributed by atoms with Gasteiger partial charge in [0.05, 0.1) is 12.1 Å². The fraction of sp³-hybridized carbons (Fsp3) is 0.481. The first-order valence-corrected chi connectivity index (χ1v) is 11.8. The van der Waals surface area contributed by atoms with Gasteiger partial charge >= 0.3 is 6.09 Å². The van der Waals surface area contributed by atoms with Crippen LogP contribution in [0.3, 0.4) is 0 Å². The molecule has 0 saturated carbocycles. The Labute approximate surface area is 203 Å². The predicted molar refractivity (Wildman–Crippen MR) is 134 cm³/mol. The van der Waals surface area contributed by atoms with Crippen LogP contribution < -0.4 is 16.0 Å². The molecule has 0 unspecified atom stereocenters. The second-order valence-electron chi connectivity index (χ2n) is 9.90. The fourth-order valence-electron chi connectivity index (χ4n) is 3.41. The SMILES string of the molecule is CC(C)CNC(=O)[C@@H](NC[C@@H](O)[C@H](Cc1ccccc1)NC(=O)OC(C)(C)C)c1ccccc1. The standard InChI is InChI=1S/C27H39N3O4/c1-19(2)17-29-25(32)24(21-14-10-7-11-15-21)28-18-23(31)22(16-20-12-8-6-9-13-20)30-26(33)34-27(3,4)5/h6-15,19,22-24,28,31H,16-18H2,1-5H3,(H,29,32)(H,30,33)/t22-,23+,24-/m0/s1. The molecule has 0 radical (unpaired) electrons. The molecule has 4 N–H and O–H groups in total. The highest BCUT2D eigenvalue weighted by Crippen LogP contribution is 2.15. The van der Waals surface area contributed by atoms with Gasteiger partial charge in [0.15, 0.2) is 0 Å². The number of rotatable bonds is 11. The van der Waals surface area contributed by atoms with E-state index in [0.717, 1.165) is 11.1 Å². The smallest absolute Gasteiger partial charge is 0.407 e. The van der Waals surface area contributed by atoms with Crippen molar-refractivity contribution in [2.75, 3.05) is 13.1 Å². The summed E-state index contributed by atoms with van der Waals surface area (Å²) in [6, 6.07) is 17.8. The van der Waals surface area contributed by atoms with Crippen LogP contribution in [0.2, 0.25) is 0 Å². The number of nitrogens with one attached hydrogen (secondary N) is 3. The summed E-state index contributed by atoms with van der Waals surface area (Å²) in [5.41, 5.74) is 1.12. The van der Waals surface area contributed by atoms with E-state index in [2.05, 4.69) is 16.0 Å². The van der Waals surface area contributed by atoms with Crippen molar-refractivity contribution in [1.29, 1.82) is 0 Å². The molecule has 7 heteroatoms. The molecule has 0 heterocycles. The molecule has 2 aromatic carbocycles. The highest BCUT2D eigenvalue weighted by Gasteiger charge is 2.27. The minimum atomic E-state index is -0.961. The number of ether oxygens (including phenoxy) is 1. The van der Waals surface area contributed by atoms with E-state index in [0.29, 0.717) is 18.9 Å². The molecule has 0 fully saturated rings. The van der Waals surface area contributed by atoms with Gasteiger partial charge in [0, 0.05) is 13.1 Å². The maximum atomic E-state index is 12.9. The molecule has 0 spiro atoms. The predicted octanol–water partition coefficient (Wildman–Crippen LogP) is 3.59. The molecule has 34 heavy (non-hydrogen) atoms. The van der Waals surface area contributed by atoms with Crippen molar-refractivity contribution in [3.05, 3.63) is 71.8 Å². The van der Waals surface area contributed by atoms with Gasteiger partial charge in [-0.2, -0.15) is 0 Å². The summed E-state index contributed by atoms with van der Waals surface area (Å²) in [5.74, 6) is 0.158. The number of alkyl carbamates (subject to hydrolysis) is 1. The van der Waals surface area contributed by atoms with Crippen LogP contribution in [0.5, 0.6) is 0 Å². The van der Waals surface area contributed by atoms with E-state index in [9.17, 15) is 14.7 Å². The Hall–Kier alpha value is -2.90. The summed E-state index contributed by atoms with van der Waals surface area (Å²) in [6.45, 7) is 10.1. The van der Waals surface area contributed by atoms with Crippen LogP contribution in [0.25, 0.3) is 0 Å². The summed E-state index contributed by atoms with van der Waals surface area (Å²) < 4.78 is 5.40. The lowest BCUT2D eigenvalue weighted by atomic mass is 10.00. The Morgan fingerprint density at radius 1 is 0.941 bits per heavy atom. The number of carbonyl (C=O) groups is 2. The molecule has 0 aromatic heterocycles. The molecule has 2 rings (SSSR count). The molecule has 3 atom stereocenters. The van der Waals surface area contributed by atoms with Gasteiger partial charge in [-0.3, -0.25) is 10.1 Å². The Bertz CT molecular complexity index is 882. The van der Waals surface area contributed by atoms with Gasteiger partial charge in [-0.1, -0.05) is 74.5 Å². The first kappa shape index (κ1) is 27.3. The maximum Gasteiger partial charge on any atom is 0.407 e. The number of amides is 2. The molecule has 0 aliphatic carbocycles. The topological polar surface area (TPSA) is 99.7 Å². The van der Waals surface area contributed by atoms with E-state index in [4.69, 9.17) is 4.74 Å². The number of carbonyl (C=O) groups excluding carboxylic acids is 2. The summed E-state index contributed by atoms with van der Waals surface area (Å²) in [6.07, 6.45) is -1.14. The van der Waals surface area contributed by atoms with E-state index < -0.39 is 29.9 Å². The van der Waals surface area contributed by atoms with Crippen molar-refractivity contribution >= 4 is 12.0 Å². The molecule has 186 valence electrons. The Kier molecular flexibility index (Phi) is 10.5. The highest BCUT2D eigenvalue weighted by molar-refractivity contribution is 5.83. The largest absolute Gasteiger partial charge is 0.444 e. The third-order valence-electron chi connectivity index (χ3n) is 5.08. The average molecular weight is 470 g/mol. The first-order chi connectivity index (χ1) is 16.0. The van der Waals surface area contributed by atoms with Gasteiger partial charge in [0.25, 0.3) is 0 Å². The number of hydrogen-bond donors (Lipinski definition) is 4. The van der Waals surface area contributed by atoms with E-state index in [-0.39, 0.29) is 12.5 Å². The minimum Gasteiger partial charge on any atom is -0.444 e. The highest BCUT2D eigenvalue weighted by atomic mass is 16.6. The molecule has 0 aliphatic heterocycles. The Morgan fingerprint density at radius 2 is 1.53 bits per heavy atom. The Balaban J connectivity index is 2.13. The summed E-state index contributed by atoms with van der Waals surface area (Å²) in [5, 5.41) is 20.0. The van der Waals surface area contributed by atoms with Crippen LogP contribution in [-0.4, -0.2) is 47.9 Å². The van der Waals surface area contributed by atoms with Crippen LogP contribution >= 0.6 is 0 Å². The molecule has 7 nitrogen and oxygen atoms in total. The number of hydrogen-bond acceptors (Lipinski definition) is 5. The lowest BCUT2D eigenvalue weighted by molar-refractivity contribution is -0.123. The fourth-order valence-corrected chi connectivity index (χ4v) is 3.41. The van der Waals surface area contributed by atoms with E-state index in [1.54, 1.807) is 20.8 Å². The second kappa shape index (κ2) is 13.1. The molecule has 0 saturated heterocycles. The van der Waals surface area contributed by atoms with Crippen molar-refractivity contribution in [1.82, 2.24) is 16.0 Å². The molecular weight excluding hydrogens is 430 g/mol. The zero-order valence-corrected chi connectivity index (χ0v) is 20.9. The van der Waals surface area contributed by atoms with Gasteiger partial charge in [-0.15, -0.1) is 0 Å². The van der Waals surface area contributed by atoms with Gasteiger partial charge in [0.2, 0.25) is 5.91 Å². The molecule has 2 amide bonds. The zero-order valence-electron chi connectivity index (χ0n) is 20.9. The Morgan fingerprint density at radius 3 is 2.09 bits per heavy atom. The van der Waals surface area contributed by atoms with Crippen LogP contribution in [0.15, 0.2) is 60.7 Å². The van der Waals surface area contributed by atoms with Crippen molar-refractivity contribution < 1.29 is 19.4 Å². The van der Waals surface area contributed by atoms with E-state index in [1.165, 1.54) is 0 Å². The van der Waals surface area contributed by atoms with E-state index >= 15 is 0 Å². The summed E-state index contributed by atoms with van der Waals surface area (Å²) >= 11 is 0. The van der Waals surface area contributed by atoms with Gasteiger partial charge in [-0.25, -0.2) is 4.79 Å². The summed E-state index contributed by atoms with van der Waals surface area (Å²) in [7, 11) is 0. The van der Waals surface area contributed by atoms with Crippen LogP contribution in [0, 0.1) is 5.92 Å². The van der Waals surface area contributed by atoms with Gasteiger partial charge in [0.1, 0.15) is 11.6 Å². The number of benzene rings is 2. The van der Waals surface area contributed by atoms with Crippen LogP contribution in [0.4, 0.5) is 4.79 Å². The van der Waals surface area contributed by atoms with Crippen molar-refractivity contribution in [3.63, 3.8) is 0 Å². The number of aliphatic hydroxyl groups excluding tert-OH is 1. The van der Waals surface area contributed by atoms with Crippen LogP contribution in [-0.2, 0) is 16.0 Å². The minimum absolute atomic E-state index is 0.0992. The molecule has 0 bridgehead atoms. The third-order valence-corrected chi connectivity index (χ3v) is 5.08. The van der Waals surface area contributed by atoms with Gasteiger partial charge < -0.3 is 20.5 Å². The monoisotopic (exact) mass is 469 g/mol. The molecule has 2 aromatic rings. The average Bonchev–Trinajstić information content (AvgIpc) is 2.77. The third kappa shape index (κ3) is 9.93. The van der Waals surface area contributed by atoms with Crippen molar-refractivity contribution in [3.8, 4) is 0 Å². The van der Waals surface area contributed by atoms with Crippen molar-refractivity contribution in [2.45, 2.75) is 64.8 Å². The summed E-state index contributed by atoms with van der Waals surface area (Å²) in [4.78, 5) is 25.4. The normalized spacial score (nSPS) is 14.2.